The lowest BCUT2D eigenvalue weighted by Crippen LogP contribution is -2.29. The monoisotopic (exact) mass is 230 g/mol. The molecule has 0 spiro atoms. The topological polar surface area (TPSA) is 20.2 Å². The first-order valence-electron chi connectivity index (χ1n) is 6.05. The predicted octanol–water partition coefficient (Wildman–Crippen LogP) is 3.67. The van der Waals surface area contributed by atoms with Gasteiger partial charge in [-0.25, -0.2) is 0 Å². The minimum absolute atomic E-state index is 0.772. The van der Waals surface area contributed by atoms with Gasteiger partial charge in [0.15, 0.2) is 0 Å². The van der Waals surface area contributed by atoms with Crippen LogP contribution in [0.2, 0.25) is 0 Å². The Bertz CT molecular complexity index is 357. The average molecular weight is 230 g/mol. The Morgan fingerprint density at radius 1 is 1.24 bits per heavy atom. The highest BCUT2D eigenvalue weighted by Gasteiger charge is 2.21. The van der Waals surface area contributed by atoms with Gasteiger partial charge in [0.1, 0.15) is 7.85 Å². The molecule has 0 saturated heterocycles. The summed E-state index contributed by atoms with van der Waals surface area (Å²) >= 11 is 0. The lowest BCUT2D eigenvalue weighted by molar-refractivity contribution is 0.218. The van der Waals surface area contributed by atoms with Gasteiger partial charge in [0.05, 0.1) is 5.50 Å². The molecule has 1 N–H and O–H groups in total. The fourth-order valence-corrected chi connectivity index (χ4v) is 1.65. The van der Waals surface area contributed by atoms with E-state index >= 15 is 0 Å². The highest BCUT2D eigenvalue weighted by atomic mass is 16.3. The van der Waals surface area contributed by atoms with E-state index in [1.807, 2.05) is 45.9 Å². The first kappa shape index (κ1) is 16.0. The van der Waals surface area contributed by atoms with Crippen LogP contribution in [-0.4, -0.2) is 18.5 Å². The van der Waals surface area contributed by atoms with Crippen LogP contribution >= 0.6 is 0 Å². The first-order chi connectivity index (χ1) is 7.88. The molecule has 0 aliphatic carbocycles. The zero-order chi connectivity index (χ0) is 13.5. The van der Waals surface area contributed by atoms with Crippen molar-refractivity contribution in [3.8, 4) is 0 Å². The molecule has 17 heavy (non-hydrogen) atoms. The summed E-state index contributed by atoms with van der Waals surface area (Å²) in [6.45, 7) is 9.86. The van der Waals surface area contributed by atoms with Crippen LogP contribution in [0.3, 0.4) is 0 Å². The van der Waals surface area contributed by atoms with E-state index in [1.165, 1.54) is 0 Å². The van der Waals surface area contributed by atoms with E-state index in [-0.39, 0.29) is 0 Å². The molecule has 92 valence electrons. The fourth-order valence-electron chi connectivity index (χ4n) is 1.65. The second-order valence-corrected chi connectivity index (χ2v) is 4.26. The molecule has 0 aromatic carbocycles. The van der Waals surface area contributed by atoms with Gasteiger partial charge in [-0.2, -0.15) is 0 Å². The molecular formula is C15H23BO. The molecule has 2 heteroatoms. The van der Waals surface area contributed by atoms with Crippen molar-refractivity contribution in [2.75, 3.05) is 0 Å². The van der Waals surface area contributed by atoms with E-state index in [4.69, 9.17) is 7.85 Å². The van der Waals surface area contributed by atoms with E-state index in [0.29, 0.717) is 0 Å². The summed E-state index contributed by atoms with van der Waals surface area (Å²) in [5.74, 6) is 0. The lowest BCUT2D eigenvalue weighted by atomic mass is 9.72. The maximum atomic E-state index is 10.3. The summed E-state index contributed by atoms with van der Waals surface area (Å²) in [7, 11) is 5.93. The van der Waals surface area contributed by atoms with E-state index in [1.54, 1.807) is 12.2 Å². The Labute approximate surface area is 107 Å². The lowest BCUT2D eigenvalue weighted by Gasteiger charge is -2.24. The van der Waals surface area contributed by atoms with Crippen LogP contribution in [-0.2, 0) is 0 Å². The molecule has 0 aromatic rings. The van der Waals surface area contributed by atoms with E-state index in [2.05, 4.69) is 6.92 Å². The third-order valence-electron chi connectivity index (χ3n) is 2.64. The van der Waals surface area contributed by atoms with Crippen LogP contribution in [0.5, 0.6) is 0 Å². The molecule has 1 atom stereocenters. The summed E-state index contributed by atoms with van der Waals surface area (Å²) in [6, 6.07) is 0. The standard InChI is InChI=1S/C15H23BO/c1-6-9-12(4)11-14(13(5)8-3)15(16,17)10-7-2/h6-7,9-11,17H,8H2,1-5H3/b9-6-,10-7+,12-11-,14-13-. The number of rotatable bonds is 5. The third kappa shape index (κ3) is 5.23. The predicted molar refractivity (Wildman–Crippen MR) is 77.1 cm³/mol. The van der Waals surface area contributed by atoms with Crippen LogP contribution in [0.25, 0.3) is 0 Å². The highest BCUT2D eigenvalue weighted by Crippen LogP contribution is 2.24. The van der Waals surface area contributed by atoms with Gasteiger partial charge in [-0.15, -0.1) is 0 Å². The van der Waals surface area contributed by atoms with Gasteiger partial charge >= 0.3 is 0 Å². The molecule has 2 radical (unpaired) electrons. The minimum atomic E-state index is -1.39. The summed E-state index contributed by atoms with van der Waals surface area (Å²) in [5.41, 5.74) is 1.55. The summed E-state index contributed by atoms with van der Waals surface area (Å²) in [4.78, 5) is 0. The van der Waals surface area contributed by atoms with E-state index in [9.17, 15) is 5.11 Å². The fraction of sp³-hybridized carbons (Fsp3) is 0.467. The van der Waals surface area contributed by atoms with Crippen molar-refractivity contribution >= 4 is 7.85 Å². The second kappa shape index (κ2) is 7.34. The molecule has 0 fully saturated rings. The molecule has 0 heterocycles. The molecule has 0 amide bonds. The van der Waals surface area contributed by atoms with Crippen LogP contribution < -0.4 is 0 Å². The number of hydrogen-bond donors (Lipinski definition) is 1. The van der Waals surface area contributed by atoms with Gasteiger partial charge in [-0.05, 0) is 39.7 Å². The Morgan fingerprint density at radius 2 is 1.82 bits per heavy atom. The van der Waals surface area contributed by atoms with Crippen LogP contribution in [0.1, 0.15) is 41.0 Å². The number of aliphatic hydroxyl groups is 1. The zero-order valence-electron chi connectivity index (χ0n) is 11.6. The Balaban J connectivity index is 5.55. The summed E-state index contributed by atoms with van der Waals surface area (Å²) in [5, 5.41) is 10.3. The molecule has 0 aliphatic rings. The molecule has 1 unspecified atom stereocenters. The van der Waals surface area contributed by atoms with Crippen LogP contribution in [0, 0.1) is 0 Å². The normalized spacial score (nSPS) is 18.6. The van der Waals surface area contributed by atoms with Gasteiger partial charge in [0, 0.05) is 0 Å². The second-order valence-electron chi connectivity index (χ2n) is 4.26. The first-order valence-corrected chi connectivity index (χ1v) is 6.05. The molecule has 0 bridgehead atoms. The Hall–Kier alpha value is -1.02. The SMILES string of the molecule is [B]C(O)(/C=C/C)C(/C=C(C)\C=C/C)=C(/C)CC. The van der Waals surface area contributed by atoms with Gasteiger partial charge in [-0.3, -0.25) is 0 Å². The van der Waals surface area contributed by atoms with Gasteiger partial charge in [-0.1, -0.05) is 48.5 Å². The van der Waals surface area contributed by atoms with Crippen LogP contribution in [0.4, 0.5) is 0 Å². The maximum absolute atomic E-state index is 10.3. The Morgan fingerprint density at radius 3 is 2.24 bits per heavy atom. The van der Waals surface area contributed by atoms with Crippen LogP contribution in [0.15, 0.2) is 47.1 Å². The minimum Gasteiger partial charge on any atom is -0.391 e. The largest absolute Gasteiger partial charge is 0.391 e. The molecular weight excluding hydrogens is 207 g/mol. The molecule has 1 nitrogen and oxygen atoms in total. The molecule has 0 rings (SSSR count). The molecule has 0 aliphatic heterocycles. The van der Waals surface area contributed by atoms with Gasteiger partial charge < -0.3 is 5.11 Å². The molecule has 0 saturated carbocycles. The van der Waals surface area contributed by atoms with Crippen molar-refractivity contribution in [3.05, 3.63) is 47.1 Å². The third-order valence-corrected chi connectivity index (χ3v) is 2.64. The molecule has 0 aromatic heterocycles. The summed E-state index contributed by atoms with van der Waals surface area (Å²) in [6.07, 6.45) is 10.2. The smallest absolute Gasteiger partial charge is 0.125 e. The van der Waals surface area contributed by atoms with E-state index < -0.39 is 5.50 Å². The van der Waals surface area contributed by atoms with Crippen molar-refractivity contribution in [3.63, 3.8) is 0 Å². The summed E-state index contributed by atoms with van der Waals surface area (Å²) < 4.78 is 0. The number of hydrogen-bond acceptors (Lipinski definition) is 1. The van der Waals surface area contributed by atoms with Gasteiger partial charge in [0.2, 0.25) is 0 Å². The van der Waals surface area contributed by atoms with Gasteiger partial charge in [0.25, 0.3) is 0 Å². The quantitative estimate of drug-likeness (QED) is 0.434. The zero-order valence-corrected chi connectivity index (χ0v) is 11.6. The van der Waals surface area contributed by atoms with Crippen molar-refractivity contribution in [1.82, 2.24) is 0 Å². The van der Waals surface area contributed by atoms with Crippen molar-refractivity contribution < 1.29 is 5.11 Å². The average Bonchev–Trinajstić information content (AvgIpc) is 2.25. The van der Waals surface area contributed by atoms with Crippen molar-refractivity contribution in [2.24, 2.45) is 0 Å². The Kier molecular flexibility index (Phi) is 6.90. The maximum Gasteiger partial charge on any atom is 0.125 e. The number of allylic oxidation sites excluding steroid dienone is 5. The van der Waals surface area contributed by atoms with Crippen molar-refractivity contribution in [1.29, 1.82) is 0 Å². The van der Waals surface area contributed by atoms with E-state index in [0.717, 1.165) is 23.1 Å². The highest BCUT2D eigenvalue weighted by molar-refractivity contribution is 6.18. The van der Waals surface area contributed by atoms with Crippen molar-refractivity contribution in [2.45, 2.75) is 46.5 Å².